The van der Waals surface area contributed by atoms with Gasteiger partial charge in [-0.2, -0.15) is 0 Å². The summed E-state index contributed by atoms with van der Waals surface area (Å²) in [5.41, 5.74) is 0.417. The average Bonchev–Trinajstić information content (AvgIpc) is 2.53. The fraction of sp³-hybridized carbons (Fsp3) is 0.500. The summed E-state index contributed by atoms with van der Waals surface area (Å²) in [5, 5.41) is 9.15. The van der Waals surface area contributed by atoms with Gasteiger partial charge in [0.05, 0.1) is 12.7 Å². The van der Waals surface area contributed by atoms with Crippen LogP contribution in [0, 0.1) is 0 Å². The van der Waals surface area contributed by atoms with Gasteiger partial charge in [-0.25, -0.2) is 4.79 Å². The zero-order valence-electron chi connectivity index (χ0n) is 13.2. The van der Waals surface area contributed by atoms with Crippen molar-refractivity contribution in [2.24, 2.45) is 0 Å². The van der Waals surface area contributed by atoms with Crippen molar-refractivity contribution in [3.63, 3.8) is 0 Å². The average molecular weight is 306 g/mol. The highest BCUT2D eigenvalue weighted by Gasteiger charge is 2.26. The zero-order chi connectivity index (χ0) is 16.3. The summed E-state index contributed by atoms with van der Waals surface area (Å²) in [7, 11) is 5.47. The molecular weight excluding hydrogens is 284 g/mol. The predicted octanol–water partition coefficient (Wildman–Crippen LogP) is 1.56. The van der Waals surface area contributed by atoms with Gasteiger partial charge < -0.3 is 19.6 Å². The van der Waals surface area contributed by atoms with Crippen LogP contribution < -0.4 is 4.74 Å². The number of hydrogen-bond donors (Lipinski definition) is 1. The number of carbonyl (C=O) groups is 2. The molecular formula is C16H22N2O4. The van der Waals surface area contributed by atoms with Crippen LogP contribution >= 0.6 is 0 Å². The minimum absolute atomic E-state index is 0.0591. The van der Waals surface area contributed by atoms with Crippen LogP contribution in [0.15, 0.2) is 18.2 Å². The number of nitrogens with zero attached hydrogens (tertiary/aromatic N) is 2. The highest BCUT2D eigenvalue weighted by atomic mass is 16.5. The molecule has 0 saturated carbocycles. The lowest BCUT2D eigenvalue weighted by atomic mass is 10.0. The van der Waals surface area contributed by atoms with E-state index in [1.807, 2.05) is 14.1 Å². The van der Waals surface area contributed by atoms with Crippen molar-refractivity contribution in [2.45, 2.75) is 18.9 Å². The van der Waals surface area contributed by atoms with Gasteiger partial charge in [-0.1, -0.05) is 0 Å². The van der Waals surface area contributed by atoms with Gasteiger partial charge in [0, 0.05) is 24.7 Å². The summed E-state index contributed by atoms with van der Waals surface area (Å²) in [6, 6.07) is 4.75. The molecule has 1 saturated heterocycles. The van der Waals surface area contributed by atoms with Crippen molar-refractivity contribution in [1.29, 1.82) is 0 Å². The molecule has 1 aromatic rings. The first-order valence-electron chi connectivity index (χ1n) is 7.30. The van der Waals surface area contributed by atoms with Crippen molar-refractivity contribution >= 4 is 11.9 Å². The third-order valence-corrected chi connectivity index (χ3v) is 4.05. The number of aromatic carboxylic acids is 1. The maximum absolute atomic E-state index is 12.7. The van der Waals surface area contributed by atoms with E-state index in [0.29, 0.717) is 30.4 Å². The second kappa shape index (κ2) is 6.79. The number of hydrogen-bond acceptors (Lipinski definition) is 4. The lowest BCUT2D eigenvalue weighted by Crippen LogP contribution is -2.47. The first kappa shape index (κ1) is 16.3. The zero-order valence-corrected chi connectivity index (χ0v) is 13.2. The van der Waals surface area contributed by atoms with E-state index < -0.39 is 5.97 Å². The van der Waals surface area contributed by atoms with Crippen LogP contribution in [-0.4, -0.2) is 67.1 Å². The van der Waals surface area contributed by atoms with Crippen LogP contribution in [0.4, 0.5) is 0 Å². The van der Waals surface area contributed by atoms with E-state index in [1.165, 1.54) is 19.2 Å². The molecule has 1 heterocycles. The highest BCUT2D eigenvalue weighted by molar-refractivity contribution is 5.98. The molecule has 1 N–H and O–H groups in total. The standard InChI is InChI=1S/C16H22N2O4/c1-17(2)13-5-4-6-18(10-13)15(19)11-7-12(16(20)21)9-14(8-11)22-3/h7-9,13H,4-6,10H2,1-3H3,(H,20,21)/t13-/m0/s1. The van der Waals surface area contributed by atoms with E-state index in [0.717, 1.165) is 12.8 Å². The Kier molecular flexibility index (Phi) is 5.03. The number of carboxylic acids is 1. The largest absolute Gasteiger partial charge is 0.497 e. The summed E-state index contributed by atoms with van der Waals surface area (Å²) >= 11 is 0. The predicted molar refractivity (Wildman–Crippen MR) is 82.6 cm³/mol. The molecule has 1 aliphatic heterocycles. The van der Waals surface area contributed by atoms with Crippen molar-refractivity contribution in [3.05, 3.63) is 29.3 Å². The number of benzene rings is 1. The van der Waals surface area contributed by atoms with Crippen molar-refractivity contribution < 1.29 is 19.4 Å². The summed E-state index contributed by atoms with van der Waals surface area (Å²) in [6.07, 6.45) is 2.01. The Morgan fingerprint density at radius 3 is 2.55 bits per heavy atom. The molecule has 0 aliphatic carbocycles. The van der Waals surface area contributed by atoms with Crippen molar-refractivity contribution in [2.75, 3.05) is 34.3 Å². The number of rotatable bonds is 4. The highest BCUT2D eigenvalue weighted by Crippen LogP contribution is 2.21. The molecule has 0 spiro atoms. The Bertz CT molecular complexity index is 571. The van der Waals surface area contributed by atoms with Gasteiger partial charge in [0.15, 0.2) is 0 Å². The molecule has 6 heteroatoms. The number of likely N-dealkylation sites (N-methyl/N-ethyl adjacent to an activating group) is 1. The fourth-order valence-electron chi connectivity index (χ4n) is 2.71. The topological polar surface area (TPSA) is 70.1 Å². The van der Waals surface area contributed by atoms with Crippen molar-refractivity contribution in [1.82, 2.24) is 9.80 Å². The van der Waals surface area contributed by atoms with Gasteiger partial charge in [-0.15, -0.1) is 0 Å². The van der Waals surface area contributed by atoms with Gasteiger partial charge in [-0.05, 0) is 45.1 Å². The molecule has 0 aromatic heterocycles. The van der Waals surface area contributed by atoms with Gasteiger partial charge in [-0.3, -0.25) is 4.79 Å². The van der Waals surface area contributed by atoms with E-state index in [4.69, 9.17) is 9.84 Å². The number of piperidine rings is 1. The quantitative estimate of drug-likeness (QED) is 0.914. The number of methoxy groups -OCH3 is 1. The second-order valence-electron chi connectivity index (χ2n) is 5.77. The molecule has 1 aromatic carbocycles. The lowest BCUT2D eigenvalue weighted by molar-refractivity contribution is 0.0634. The van der Waals surface area contributed by atoms with E-state index in [9.17, 15) is 9.59 Å². The molecule has 0 bridgehead atoms. The number of amides is 1. The molecule has 1 atom stereocenters. The number of carboxylic acid groups (broad SMARTS) is 1. The Morgan fingerprint density at radius 2 is 1.95 bits per heavy atom. The molecule has 6 nitrogen and oxygen atoms in total. The Labute approximate surface area is 130 Å². The fourth-order valence-corrected chi connectivity index (χ4v) is 2.71. The molecule has 120 valence electrons. The Balaban J connectivity index is 2.25. The van der Waals surface area contributed by atoms with Gasteiger partial charge in [0.1, 0.15) is 5.75 Å². The van der Waals surface area contributed by atoms with E-state index >= 15 is 0 Å². The third-order valence-electron chi connectivity index (χ3n) is 4.05. The maximum atomic E-state index is 12.7. The number of ether oxygens (including phenoxy) is 1. The van der Waals surface area contributed by atoms with E-state index in [-0.39, 0.29) is 11.5 Å². The third kappa shape index (κ3) is 3.57. The first-order valence-corrected chi connectivity index (χ1v) is 7.30. The summed E-state index contributed by atoms with van der Waals surface area (Å²) in [6.45, 7) is 1.36. The van der Waals surface area contributed by atoms with E-state index in [2.05, 4.69) is 4.90 Å². The van der Waals surface area contributed by atoms with Gasteiger partial charge in [0.25, 0.3) is 5.91 Å². The van der Waals surface area contributed by atoms with Crippen LogP contribution in [-0.2, 0) is 0 Å². The summed E-state index contributed by atoms with van der Waals surface area (Å²) in [5.74, 6) is -0.838. The maximum Gasteiger partial charge on any atom is 0.335 e. The molecule has 0 unspecified atom stereocenters. The van der Waals surface area contributed by atoms with Crippen LogP contribution in [0.2, 0.25) is 0 Å². The van der Waals surface area contributed by atoms with E-state index in [1.54, 1.807) is 11.0 Å². The van der Waals surface area contributed by atoms with Crippen LogP contribution in [0.25, 0.3) is 0 Å². The second-order valence-corrected chi connectivity index (χ2v) is 5.77. The minimum atomic E-state index is -1.07. The Hall–Kier alpha value is -2.08. The number of carbonyl (C=O) groups excluding carboxylic acids is 1. The van der Waals surface area contributed by atoms with Gasteiger partial charge >= 0.3 is 5.97 Å². The van der Waals surface area contributed by atoms with Crippen LogP contribution in [0.5, 0.6) is 5.75 Å². The first-order chi connectivity index (χ1) is 10.4. The van der Waals surface area contributed by atoms with Crippen LogP contribution in [0.3, 0.4) is 0 Å². The molecule has 1 amide bonds. The Morgan fingerprint density at radius 1 is 1.27 bits per heavy atom. The number of likely N-dealkylation sites (tertiary alicyclic amines) is 1. The molecule has 1 aliphatic rings. The molecule has 1 fully saturated rings. The van der Waals surface area contributed by atoms with Crippen LogP contribution in [0.1, 0.15) is 33.6 Å². The summed E-state index contributed by atoms with van der Waals surface area (Å²) < 4.78 is 5.10. The van der Waals surface area contributed by atoms with Crippen molar-refractivity contribution in [3.8, 4) is 5.75 Å². The lowest BCUT2D eigenvalue weighted by Gasteiger charge is -2.36. The molecule has 2 rings (SSSR count). The van der Waals surface area contributed by atoms with Gasteiger partial charge in [0.2, 0.25) is 0 Å². The smallest absolute Gasteiger partial charge is 0.335 e. The monoisotopic (exact) mass is 306 g/mol. The molecule has 0 radical (unpaired) electrons. The normalized spacial score (nSPS) is 18.4. The molecule has 22 heavy (non-hydrogen) atoms. The SMILES string of the molecule is COc1cc(C(=O)O)cc(C(=O)N2CCC[C@H](N(C)C)C2)c1. The summed E-state index contributed by atoms with van der Waals surface area (Å²) in [4.78, 5) is 27.7. The minimum Gasteiger partial charge on any atom is -0.497 e.